The smallest absolute Gasteiger partial charge is 0.0545 e. The Hall–Kier alpha value is -0.180. The monoisotopic (exact) mass is 243 g/mol. The van der Waals surface area contributed by atoms with Crippen molar-refractivity contribution < 1.29 is 0 Å². The highest BCUT2D eigenvalue weighted by Crippen LogP contribution is 2.27. The lowest BCUT2D eigenvalue weighted by atomic mass is 10.2. The molecule has 0 spiro atoms. The van der Waals surface area contributed by atoms with Gasteiger partial charge in [-0.15, -0.1) is 11.8 Å². The van der Waals surface area contributed by atoms with E-state index in [1.165, 1.54) is 10.5 Å². The van der Waals surface area contributed by atoms with Crippen molar-refractivity contribution in [2.24, 2.45) is 0 Å². The average Bonchev–Trinajstić information content (AvgIpc) is 2.19. The van der Waals surface area contributed by atoms with Crippen LogP contribution in [0.3, 0.4) is 0 Å². The van der Waals surface area contributed by atoms with Crippen LogP contribution in [0, 0.1) is 0 Å². The maximum absolute atomic E-state index is 6.17. The average molecular weight is 244 g/mol. The van der Waals surface area contributed by atoms with Crippen LogP contribution in [0.2, 0.25) is 5.02 Å². The standard InChI is InChI=1S/C12H18ClNS/c1-4-15-12-6-5-10(7-11(12)13)8-14-9(2)3/h5-7,9,14H,4,8H2,1-3H3. The maximum Gasteiger partial charge on any atom is 0.0545 e. The third kappa shape index (κ3) is 4.45. The van der Waals surface area contributed by atoms with Crippen LogP contribution in [0.4, 0.5) is 0 Å². The molecule has 15 heavy (non-hydrogen) atoms. The summed E-state index contributed by atoms with van der Waals surface area (Å²) in [6.07, 6.45) is 0. The number of halogens is 1. The molecule has 0 heterocycles. The van der Waals surface area contributed by atoms with Crippen molar-refractivity contribution in [3.63, 3.8) is 0 Å². The second-order valence-corrected chi connectivity index (χ2v) is 5.45. The molecule has 1 rings (SSSR count). The molecule has 0 aromatic heterocycles. The fourth-order valence-corrected chi connectivity index (χ4v) is 2.29. The summed E-state index contributed by atoms with van der Waals surface area (Å²) >= 11 is 7.96. The first-order valence-electron chi connectivity index (χ1n) is 5.28. The van der Waals surface area contributed by atoms with Gasteiger partial charge < -0.3 is 5.32 Å². The number of benzene rings is 1. The molecule has 0 aliphatic rings. The summed E-state index contributed by atoms with van der Waals surface area (Å²) in [5, 5.41) is 4.24. The lowest BCUT2D eigenvalue weighted by Gasteiger charge is -2.09. The fraction of sp³-hybridized carbons (Fsp3) is 0.500. The van der Waals surface area contributed by atoms with E-state index in [4.69, 9.17) is 11.6 Å². The van der Waals surface area contributed by atoms with Gasteiger partial charge in [0.15, 0.2) is 0 Å². The number of rotatable bonds is 5. The van der Waals surface area contributed by atoms with Crippen LogP contribution in [0.5, 0.6) is 0 Å². The van der Waals surface area contributed by atoms with Crippen molar-refractivity contribution >= 4 is 23.4 Å². The zero-order valence-electron chi connectivity index (χ0n) is 9.51. The summed E-state index contributed by atoms with van der Waals surface area (Å²) in [4.78, 5) is 1.17. The molecule has 3 heteroatoms. The molecule has 0 radical (unpaired) electrons. The molecule has 0 aliphatic carbocycles. The zero-order valence-corrected chi connectivity index (χ0v) is 11.1. The third-order valence-electron chi connectivity index (χ3n) is 2.01. The van der Waals surface area contributed by atoms with E-state index in [0.717, 1.165) is 17.3 Å². The fourth-order valence-electron chi connectivity index (χ4n) is 1.25. The zero-order chi connectivity index (χ0) is 11.3. The topological polar surface area (TPSA) is 12.0 Å². The van der Waals surface area contributed by atoms with Gasteiger partial charge in [0, 0.05) is 17.5 Å². The molecule has 1 aromatic rings. The minimum atomic E-state index is 0.508. The Kier molecular flexibility index (Phi) is 5.51. The minimum Gasteiger partial charge on any atom is -0.310 e. The van der Waals surface area contributed by atoms with Crippen LogP contribution in [0.15, 0.2) is 23.1 Å². The molecule has 0 bridgehead atoms. The van der Waals surface area contributed by atoms with Crippen molar-refractivity contribution in [1.29, 1.82) is 0 Å². The molecular formula is C12H18ClNS. The van der Waals surface area contributed by atoms with E-state index in [9.17, 15) is 0 Å². The molecule has 0 aliphatic heterocycles. The molecule has 0 amide bonds. The van der Waals surface area contributed by atoms with Crippen LogP contribution in [0.1, 0.15) is 26.3 Å². The minimum absolute atomic E-state index is 0.508. The second kappa shape index (κ2) is 6.41. The van der Waals surface area contributed by atoms with Crippen molar-refractivity contribution in [3.8, 4) is 0 Å². The van der Waals surface area contributed by atoms with Crippen LogP contribution >= 0.6 is 23.4 Å². The highest BCUT2D eigenvalue weighted by molar-refractivity contribution is 7.99. The Bertz CT molecular complexity index is 312. The van der Waals surface area contributed by atoms with Gasteiger partial charge in [-0.1, -0.05) is 38.4 Å². The molecule has 0 unspecified atom stereocenters. The van der Waals surface area contributed by atoms with Crippen LogP contribution in [-0.2, 0) is 6.54 Å². The molecule has 0 fully saturated rings. The Labute approximate surface area is 102 Å². The molecule has 0 atom stereocenters. The second-order valence-electron chi connectivity index (χ2n) is 3.73. The highest BCUT2D eigenvalue weighted by Gasteiger charge is 2.02. The summed E-state index contributed by atoms with van der Waals surface area (Å²) in [6, 6.07) is 6.80. The number of nitrogens with one attached hydrogen (secondary N) is 1. The number of hydrogen-bond donors (Lipinski definition) is 1. The van der Waals surface area contributed by atoms with Gasteiger partial charge in [0.25, 0.3) is 0 Å². The highest BCUT2D eigenvalue weighted by atomic mass is 35.5. The Morgan fingerprint density at radius 2 is 2.13 bits per heavy atom. The predicted octanol–water partition coefficient (Wildman–Crippen LogP) is 3.95. The van der Waals surface area contributed by atoms with Gasteiger partial charge >= 0.3 is 0 Å². The van der Waals surface area contributed by atoms with Gasteiger partial charge in [0.1, 0.15) is 0 Å². The predicted molar refractivity (Wildman–Crippen MR) is 69.8 cm³/mol. The van der Waals surface area contributed by atoms with E-state index in [0.29, 0.717) is 6.04 Å². The normalized spacial score (nSPS) is 11.0. The van der Waals surface area contributed by atoms with Crippen LogP contribution in [0.25, 0.3) is 0 Å². The lowest BCUT2D eigenvalue weighted by molar-refractivity contribution is 0.589. The SMILES string of the molecule is CCSc1ccc(CNC(C)C)cc1Cl. The first-order valence-corrected chi connectivity index (χ1v) is 6.64. The van der Waals surface area contributed by atoms with Gasteiger partial charge in [-0.2, -0.15) is 0 Å². The van der Waals surface area contributed by atoms with Gasteiger partial charge in [0.2, 0.25) is 0 Å². The Morgan fingerprint density at radius 1 is 1.40 bits per heavy atom. The molecule has 84 valence electrons. The third-order valence-corrected chi connectivity index (χ3v) is 3.39. The van der Waals surface area contributed by atoms with E-state index >= 15 is 0 Å². The van der Waals surface area contributed by atoms with Crippen LogP contribution < -0.4 is 5.32 Å². The first kappa shape index (κ1) is 12.9. The molecule has 0 saturated heterocycles. The molecule has 0 saturated carbocycles. The van der Waals surface area contributed by atoms with Gasteiger partial charge in [-0.05, 0) is 23.4 Å². The van der Waals surface area contributed by atoms with E-state index in [1.54, 1.807) is 11.8 Å². The Morgan fingerprint density at radius 3 is 2.67 bits per heavy atom. The van der Waals surface area contributed by atoms with Crippen LogP contribution in [-0.4, -0.2) is 11.8 Å². The summed E-state index contributed by atoms with van der Waals surface area (Å²) in [5.74, 6) is 1.06. The van der Waals surface area contributed by atoms with E-state index in [1.807, 2.05) is 0 Å². The van der Waals surface area contributed by atoms with Gasteiger partial charge in [0.05, 0.1) is 5.02 Å². The van der Waals surface area contributed by atoms with Gasteiger partial charge in [-0.25, -0.2) is 0 Å². The Balaban J connectivity index is 2.64. The lowest BCUT2D eigenvalue weighted by Crippen LogP contribution is -2.21. The molecule has 1 N–H and O–H groups in total. The summed E-state index contributed by atoms with van der Waals surface area (Å²) in [6.45, 7) is 7.30. The number of hydrogen-bond acceptors (Lipinski definition) is 2. The largest absolute Gasteiger partial charge is 0.310 e. The molecule has 1 nitrogen and oxygen atoms in total. The summed E-state index contributed by atoms with van der Waals surface area (Å²) in [7, 11) is 0. The van der Waals surface area contributed by atoms with E-state index < -0.39 is 0 Å². The number of thioether (sulfide) groups is 1. The maximum atomic E-state index is 6.17. The van der Waals surface area contributed by atoms with Crippen molar-refractivity contribution in [3.05, 3.63) is 28.8 Å². The van der Waals surface area contributed by atoms with E-state index in [-0.39, 0.29) is 0 Å². The molecular weight excluding hydrogens is 226 g/mol. The quantitative estimate of drug-likeness (QED) is 0.786. The first-order chi connectivity index (χ1) is 7.13. The van der Waals surface area contributed by atoms with Crippen molar-refractivity contribution in [2.45, 2.75) is 38.3 Å². The van der Waals surface area contributed by atoms with E-state index in [2.05, 4.69) is 44.3 Å². The summed E-state index contributed by atoms with van der Waals surface area (Å²) < 4.78 is 0. The molecule has 1 aromatic carbocycles. The van der Waals surface area contributed by atoms with Crippen molar-refractivity contribution in [1.82, 2.24) is 5.32 Å². The van der Waals surface area contributed by atoms with Crippen molar-refractivity contribution in [2.75, 3.05) is 5.75 Å². The van der Waals surface area contributed by atoms with Gasteiger partial charge in [-0.3, -0.25) is 0 Å². The summed E-state index contributed by atoms with van der Waals surface area (Å²) in [5.41, 5.74) is 1.24.